The summed E-state index contributed by atoms with van der Waals surface area (Å²) in [6.45, 7) is 9.37. The van der Waals surface area contributed by atoms with Crippen molar-refractivity contribution in [1.82, 2.24) is 24.8 Å². The Kier molecular flexibility index (Phi) is 6.56. The van der Waals surface area contributed by atoms with Crippen LogP contribution in [0.1, 0.15) is 55.0 Å². The Balaban J connectivity index is 1.49. The summed E-state index contributed by atoms with van der Waals surface area (Å²) in [6, 6.07) is 10.2. The third-order valence-electron chi connectivity index (χ3n) is 6.18. The number of amides is 1. The molecule has 1 saturated heterocycles. The summed E-state index contributed by atoms with van der Waals surface area (Å²) < 4.78 is 7.74. The molecule has 0 bridgehead atoms. The number of rotatable bonds is 7. The first kappa shape index (κ1) is 22.7. The second-order valence-corrected chi connectivity index (χ2v) is 8.76. The number of nitrogens with zero attached hydrogens (tertiary/aromatic N) is 6. The van der Waals surface area contributed by atoms with E-state index < -0.39 is 0 Å². The van der Waals surface area contributed by atoms with Crippen molar-refractivity contribution in [3.05, 3.63) is 46.6 Å². The van der Waals surface area contributed by atoms with Crippen molar-refractivity contribution in [2.24, 2.45) is 0 Å². The van der Waals surface area contributed by atoms with Crippen LogP contribution in [0.2, 0.25) is 0 Å². The monoisotopic (exact) mass is 447 g/mol. The zero-order valence-electron chi connectivity index (χ0n) is 19.5. The molecule has 4 rings (SSSR count). The molecule has 172 valence electrons. The van der Waals surface area contributed by atoms with Gasteiger partial charge in [-0.25, -0.2) is 0 Å². The van der Waals surface area contributed by atoms with E-state index in [0.717, 1.165) is 36.3 Å². The lowest BCUT2D eigenvalue weighted by atomic mass is 10.0. The van der Waals surface area contributed by atoms with E-state index in [2.05, 4.69) is 40.6 Å². The number of carbonyl (C=O) groups excluding carboxylic acids is 1. The van der Waals surface area contributed by atoms with Gasteiger partial charge in [0.15, 0.2) is 0 Å². The Hall–Kier alpha value is -3.51. The van der Waals surface area contributed by atoms with Gasteiger partial charge in [-0.05, 0) is 48.9 Å². The lowest BCUT2D eigenvalue weighted by molar-refractivity contribution is -0.117. The van der Waals surface area contributed by atoms with Gasteiger partial charge in [0.1, 0.15) is 18.4 Å². The number of aromatic nitrogens is 5. The van der Waals surface area contributed by atoms with Gasteiger partial charge in [-0.1, -0.05) is 38.1 Å². The Bertz CT molecular complexity index is 1180. The SMILES string of the molecule is Cc1c(C#N)c(NC(=O)Cn2nnc(-c3ccc(C(C)C)cc3)n2)n(CC2CCCO2)c1C. The van der Waals surface area contributed by atoms with E-state index >= 15 is 0 Å². The third-order valence-corrected chi connectivity index (χ3v) is 6.18. The number of hydrogen-bond donors (Lipinski definition) is 1. The second-order valence-electron chi connectivity index (χ2n) is 8.76. The highest BCUT2D eigenvalue weighted by molar-refractivity contribution is 5.91. The summed E-state index contributed by atoms with van der Waals surface area (Å²) in [5.41, 5.74) is 4.35. The minimum Gasteiger partial charge on any atom is -0.376 e. The molecule has 1 atom stereocenters. The standard InChI is InChI=1S/C24H29N7O2/c1-15(2)18-7-9-19(10-8-18)23-27-29-31(28-23)14-22(32)26-24-21(12-25)16(3)17(4)30(24)13-20-6-5-11-33-20/h7-10,15,20H,5-6,11,13-14H2,1-4H3,(H,26,32). The second kappa shape index (κ2) is 9.55. The van der Waals surface area contributed by atoms with Gasteiger partial charge in [0, 0.05) is 17.9 Å². The number of benzene rings is 1. The Labute approximate surface area is 193 Å². The van der Waals surface area contributed by atoms with Crippen LogP contribution in [0.15, 0.2) is 24.3 Å². The average Bonchev–Trinajstić information content (AvgIpc) is 3.52. The molecule has 0 spiro atoms. The highest BCUT2D eigenvalue weighted by Gasteiger charge is 2.24. The number of nitrogens with one attached hydrogen (secondary N) is 1. The van der Waals surface area contributed by atoms with Crippen molar-refractivity contribution in [3.63, 3.8) is 0 Å². The smallest absolute Gasteiger partial charge is 0.249 e. The molecule has 9 nitrogen and oxygen atoms in total. The summed E-state index contributed by atoms with van der Waals surface area (Å²) >= 11 is 0. The van der Waals surface area contributed by atoms with Gasteiger partial charge in [0.05, 0.1) is 18.2 Å². The lowest BCUT2D eigenvalue weighted by Crippen LogP contribution is -2.24. The van der Waals surface area contributed by atoms with Gasteiger partial charge in [0.2, 0.25) is 11.7 Å². The molecule has 1 aromatic carbocycles. The molecule has 0 radical (unpaired) electrons. The maximum Gasteiger partial charge on any atom is 0.249 e. The number of anilines is 1. The summed E-state index contributed by atoms with van der Waals surface area (Å²) in [5.74, 6) is 1.08. The predicted octanol–water partition coefficient (Wildman–Crippen LogP) is 3.57. The first-order valence-corrected chi connectivity index (χ1v) is 11.3. The first-order valence-electron chi connectivity index (χ1n) is 11.3. The number of tetrazole rings is 1. The minimum atomic E-state index is -0.323. The van der Waals surface area contributed by atoms with E-state index in [-0.39, 0.29) is 18.6 Å². The predicted molar refractivity (Wildman–Crippen MR) is 124 cm³/mol. The molecule has 1 amide bonds. The van der Waals surface area contributed by atoms with Crippen molar-refractivity contribution in [1.29, 1.82) is 5.26 Å². The molecule has 33 heavy (non-hydrogen) atoms. The van der Waals surface area contributed by atoms with E-state index in [1.165, 1.54) is 10.4 Å². The molecule has 1 fully saturated rings. The fraction of sp³-hybridized carbons (Fsp3) is 0.458. The van der Waals surface area contributed by atoms with Crippen molar-refractivity contribution < 1.29 is 9.53 Å². The van der Waals surface area contributed by atoms with Crippen LogP contribution < -0.4 is 5.32 Å². The van der Waals surface area contributed by atoms with E-state index in [4.69, 9.17) is 4.74 Å². The number of nitriles is 1. The molecule has 2 aromatic heterocycles. The number of hydrogen-bond acceptors (Lipinski definition) is 6. The molecule has 1 unspecified atom stereocenters. The number of carbonyl (C=O) groups is 1. The summed E-state index contributed by atoms with van der Waals surface area (Å²) in [4.78, 5) is 14.1. The molecular formula is C24H29N7O2. The molecule has 0 saturated carbocycles. The van der Waals surface area contributed by atoms with Crippen molar-refractivity contribution >= 4 is 11.7 Å². The van der Waals surface area contributed by atoms with Crippen molar-refractivity contribution in [3.8, 4) is 17.5 Å². The molecule has 1 aliphatic rings. The van der Waals surface area contributed by atoms with E-state index in [9.17, 15) is 10.1 Å². The van der Waals surface area contributed by atoms with Crippen molar-refractivity contribution in [2.75, 3.05) is 11.9 Å². The van der Waals surface area contributed by atoms with E-state index in [1.54, 1.807) is 0 Å². The maximum atomic E-state index is 12.8. The van der Waals surface area contributed by atoms with Crippen LogP contribution in [0.5, 0.6) is 0 Å². The van der Waals surface area contributed by atoms with Crippen molar-refractivity contribution in [2.45, 2.75) is 65.6 Å². The lowest BCUT2D eigenvalue weighted by Gasteiger charge is -2.16. The molecule has 0 aliphatic carbocycles. The highest BCUT2D eigenvalue weighted by atomic mass is 16.5. The molecule has 3 aromatic rings. The van der Waals surface area contributed by atoms with Gasteiger partial charge in [0.25, 0.3) is 0 Å². The molecule has 1 N–H and O–H groups in total. The van der Waals surface area contributed by atoms with Crippen LogP contribution in [-0.2, 0) is 22.6 Å². The average molecular weight is 448 g/mol. The van der Waals surface area contributed by atoms with Crippen LogP contribution in [0.4, 0.5) is 5.82 Å². The Morgan fingerprint density at radius 1 is 1.30 bits per heavy atom. The largest absolute Gasteiger partial charge is 0.376 e. The summed E-state index contributed by atoms with van der Waals surface area (Å²) in [5, 5.41) is 25.1. The Morgan fingerprint density at radius 3 is 2.70 bits per heavy atom. The zero-order chi connectivity index (χ0) is 23.5. The highest BCUT2D eigenvalue weighted by Crippen LogP contribution is 2.28. The minimum absolute atomic E-state index is 0.0827. The Morgan fingerprint density at radius 2 is 2.06 bits per heavy atom. The number of ether oxygens (including phenoxy) is 1. The van der Waals surface area contributed by atoms with Crippen LogP contribution in [0.25, 0.3) is 11.4 Å². The van der Waals surface area contributed by atoms with Crippen LogP contribution >= 0.6 is 0 Å². The first-order chi connectivity index (χ1) is 15.9. The maximum absolute atomic E-state index is 12.8. The normalized spacial score (nSPS) is 15.7. The molecule has 9 heteroatoms. The fourth-order valence-corrected chi connectivity index (χ4v) is 4.09. The van der Waals surface area contributed by atoms with Gasteiger partial charge >= 0.3 is 0 Å². The van der Waals surface area contributed by atoms with E-state index in [1.807, 2.05) is 42.7 Å². The molecule has 1 aliphatic heterocycles. The van der Waals surface area contributed by atoms with Crippen LogP contribution in [0, 0.1) is 25.2 Å². The van der Waals surface area contributed by atoms with Crippen LogP contribution in [-0.4, -0.2) is 43.4 Å². The van der Waals surface area contributed by atoms with Gasteiger partial charge < -0.3 is 14.6 Å². The van der Waals surface area contributed by atoms with E-state index in [0.29, 0.717) is 29.7 Å². The van der Waals surface area contributed by atoms with Crippen LogP contribution in [0.3, 0.4) is 0 Å². The molecule has 3 heterocycles. The quantitative estimate of drug-likeness (QED) is 0.593. The summed E-state index contributed by atoms with van der Waals surface area (Å²) in [7, 11) is 0. The van der Waals surface area contributed by atoms with Gasteiger partial charge in [-0.3, -0.25) is 4.79 Å². The topological polar surface area (TPSA) is 111 Å². The molecular weight excluding hydrogens is 418 g/mol. The third kappa shape index (κ3) is 4.81. The fourth-order valence-electron chi connectivity index (χ4n) is 4.09. The van der Waals surface area contributed by atoms with Gasteiger partial charge in [-0.15, -0.1) is 10.2 Å². The summed E-state index contributed by atoms with van der Waals surface area (Å²) in [6.07, 6.45) is 2.08. The zero-order valence-corrected chi connectivity index (χ0v) is 19.5. The van der Waals surface area contributed by atoms with Gasteiger partial charge in [-0.2, -0.15) is 10.1 Å².